The van der Waals surface area contributed by atoms with E-state index in [1.165, 1.54) is 9.44 Å². The largest absolute Gasteiger partial charge is 0.491 e. The van der Waals surface area contributed by atoms with Crippen LogP contribution in [0.2, 0.25) is 5.02 Å². The van der Waals surface area contributed by atoms with E-state index in [0.29, 0.717) is 84.4 Å². The molecule has 0 spiro atoms. The minimum Gasteiger partial charge on any atom is -0.491 e. The third kappa shape index (κ3) is 10.4. The molecule has 19 heteroatoms. The van der Waals surface area contributed by atoms with E-state index in [1.807, 2.05) is 35.8 Å². The Labute approximate surface area is 389 Å². The summed E-state index contributed by atoms with van der Waals surface area (Å²) in [5, 5.41) is 16.1. The van der Waals surface area contributed by atoms with Gasteiger partial charge in [-0.15, -0.1) is 21.5 Å². The number of rotatable bonds is 19. The summed E-state index contributed by atoms with van der Waals surface area (Å²) < 4.78 is 32.0. The number of para-hydroxylation sites is 1. The summed E-state index contributed by atoms with van der Waals surface area (Å²) in [7, 11) is 0. The number of thiophene rings is 1. The van der Waals surface area contributed by atoms with E-state index < -0.39 is 18.0 Å². The molecular weight excluding hydrogens is 888 g/mol. The molecule has 66 heavy (non-hydrogen) atoms. The zero-order chi connectivity index (χ0) is 46.3. The van der Waals surface area contributed by atoms with E-state index in [2.05, 4.69) is 39.7 Å². The van der Waals surface area contributed by atoms with Crippen LogP contribution in [0.1, 0.15) is 70.4 Å². The van der Waals surface area contributed by atoms with E-state index >= 15 is 0 Å². The minimum atomic E-state index is -0.799. The number of benzene rings is 3. The number of nitrogens with zero attached hydrogens (tertiary/aromatic N) is 6. The average molecular weight is 937 g/mol. The number of amides is 3. The molecule has 6 aromatic rings. The average Bonchev–Trinajstić information content (AvgIpc) is 3.78. The highest BCUT2D eigenvalue weighted by molar-refractivity contribution is 7.15. The Morgan fingerprint density at radius 3 is 2.21 bits per heavy atom. The summed E-state index contributed by atoms with van der Waals surface area (Å²) in [6.07, 6.45) is 0.443. The zero-order valence-electron chi connectivity index (χ0n) is 36.9. The molecule has 0 saturated carbocycles. The fraction of sp³-hybridized carbons (Fsp3) is 0.362. The quantitative estimate of drug-likeness (QED) is 0.0677. The van der Waals surface area contributed by atoms with Crippen LogP contribution in [0.15, 0.2) is 76.5 Å². The van der Waals surface area contributed by atoms with Crippen molar-refractivity contribution < 1.29 is 38.1 Å². The van der Waals surface area contributed by atoms with Gasteiger partial charge < -0.3 is 29.0 Å². The van der Waals surface area contributed by atoms with Crippen LogP contribution in [0.3, 0.4) is 0 Å². The molecule has 344 valence electrons. The van der Waals surface area contributed by atoms with Gasteiger partial charge in [-0.25, -0.2) is 4.98 Å². The summed E-state index contributed by atoms with van der Waals surface area (Å²) in [4.78, 5) is 61.9. The number of anilines is 1. The van der Waals surface area contributed by atoms with Crippen molar-refractivity contribution in [2.75, 3.05) is 58.2 Å². The molecular formula is C47H49ClN8O9S. The molecule has 2 aliphatic rings. The number of carbonyl (C=O) groups excluding carboxylic acids is 3. The number of fused-ring (bicyclic) bond motifs is 4. The number of piperidine rings is 1. The molecule has 1 saturated heterocycles. The van der Waals surface area contributed by atoms with Crippen LogP contribution in [-0.4, -0.2) is 101 Å². The second-order valence-corrected chi connectivity index (χ2v) is 17.3. The Bertz CT molecular complexity index is 2840. The second-order valence-electron chi connectivity index (χ2n) is 15.7. The summed E-state index contributed by atoms with van der Waals surface area (Å²) in [5.41, 5.74) is 4.46. The van der Waals surface area contributed by atoms with E-state index in [9.17, 15) is 19.2 Å². The first-order valence-electron chi connectivity index (χ1n) is 21.6. The van der Waals surface area contributed by atoms with Gasteiger partial charge >= 0.3 is 0 Å². The number of halogens is 1. The van der Waals surface area contributed by atoms with Gasteiger partial charge in [-0.05, 0) is 88.2 Å². The molecule has 1 unspecified atom stereocenters. The Balaban J connectivity index is 0.722. The van der Waals surface area contributed by atoms with E-state index in [0.717, 1.165) is 33.2 Å². The van der Waals surface area contributed by atoms with Crippen molar-refractivity contribution in [2.24, 2.45) is 4.99 Å². The Hall–Kier alpha value is -6.31. The molecule has 5 heterocycles. The first-order valence-corrected chi connectivity index (χ1v) is 22.8. The molecule has 0 bridgehead atoms. The van der Waals surface area contributed by atoms with E-state index in [-0.39, 0.29) is 49.8 Å². The Morgan fingerprint density at radius 1 is 0.833 bits per heavy atom. The van der Waals surface area contributed by atoms with Crippen molar-refractivity contribution in [3.63, 3.8) is 0 Å². The topological polar surface area (TPSA) is 199 Å². The number of aryl methyl sites for hydroxylation is 3. The van der Waals surface area contributed by atoms with Crippen LogP contribution in [0.25, 0.3) is 15.9 Å². The van der Waals surface area contributed by atoms with Crippen LogP contribution in [-0.2, 0) is 28.6 Å². The van der Waals surface area contributed by atoms with Gasteiger partial charge in [0.15, 0.2) is 5.82 Å². The molecule has 2 N–H and O–H groups in total. The van der Waals surface area contributed by atoms with Crippen LogP contribution >= 0.6 is 22.9 Å². The van der Waals surface area contributed by atoms with Crippen molar-refractivity contribution in [1.29, 1.82) is 0 Å². The number of hydrogen-bond acceptors (Lipinski definition) is 14. The summed E-state index contributed by atoms with van der Waals surface area (Å²) >= 11 is 7.90. The van der Waals surface area contributed by atoms with Gasteiger partial charge in [0, 0.05) is 33.1 Å². The lowest BCUT2D eigenvalue weighted by Gasteiger charge is -2.24. The zero-order valence-corrected chi connectivity index (χ0v) is 38.5. The van der Waals surface area contributed by atoms with Crippen molar-refractivity contribution >= 4 is 63.0 Å². The van der Waals surface area contributed by atoms with Gasteiger partial charge in [-0.3, -0.25) is 38.6 Å². The fourth-order valence-corrected chi connectivity index (χ4v) is 9.18. The van der Waals surface area contributed by atoms with Crippen molar-refractivity contribution in [2.45, 2.75) is 59.0 Å². The normalized spacial score (nSPS) is 15.7. The Kier molecular flexibility index (Phi) is 14.6. The van der Waals surface area contributed by atoms with Gasteiger partial charge in [0.1, 0.15) is 59.0 Å². The number of nitrogens with one attached hydrogen (secondary N) is 2. The number of ether oxygens (including phenoxy) is 5. The lowest BCUT2D eigenvalue weighted by molar-refractivity contribution is -0.135. The molecule has 3 aromatic heterocycles. The van der Waals surface area contributed by atoms with Crippen molar-refractivity contribution in [3.05, 3.63) is 121 Å². The third-order valence-corrected chi connectivity index (χ3v) is 12.6. The van der Waals surface area contributed by atoms with Crippen molar-refractivity contribution in [1.82, 2.24) is 29.6 Å². The van der Waals surface area contributed by atoms with Gasteiger partial charge in [0.2, 0.25) is 17.7 Å². The van der Waals surface area contributed by atoms with Crippen LogP contribution in [0.4, 0.5) is 5.69 Å². The summed E-state index contributed by atoms with van der Waals surface area (Å²) in [6, 6.07) is 18.4. The van der Waals surface area contributed by atoms with Crippen LogP contribution in [0.5, 0.6) is 11.5 Å². The fourth-order valence-electron chi connectivity index (χ4n) is 7.84. The maximum atomic E-state index is 13.5. The van der Waals surface area contributed by atoms with Gasteiger partial charge in [0.05, 0.1) is 57.2 Å². The Morgan fingerprint density at radius 2 is 1.52 bits per heavy atom. The highest BCUT2D eigenvalue weighted by Gasteiger charge is 2.33. The number of aliphatic imine (C=N–C) groups is 1. The SMILES string of the molecule is Cc1sc2c(c1C)C(c1ccc(Cl)cc1)=N[C@@H](CC(=O)Nc1ccc(OCCOCCOCCOCCOc3cccc4c(=O)n(C5CCC(=O)NC5=O)c(C)nc34)cc1)c1nnc(C)n1-2. The van der Waals surface area contributed by atoms with Gasteiger partial charge in [-0.1, -0.05) is 29.8 Å². The van der Waals surface area contributed by atoms with Crippen LogP contribution in [0, 0.1) is 27.7 Å². The standard InChI is InChI=1S/C47H49ClN8O9S/c1-27-28(2)66-47-41(27)42(31-8-10-32(48)11-9-31)51-36(44-54-53-30(4)56(44)47)26-40(58)50-33-12-14-34(15-13-33)64-24-22-62-20-18-61-19-21-63-23-25-65-38-7-5-6-35-43(38)49-29(3)55(46(35)60)37-16-17-39(57)52-45(37)59/h5-15,36-37H,16-26H2,1-4H3,(H,50,58)(H,52,57,59)/t36-,37?/m0/s1. The maximum Gasteiger partial charge on any atom is 0.262 e. The monoisotopic (exact) mass is 936 g/mol. The number of carbonyl (C=O) groups is 3. The van der Waals surface area contributed by atoms with Crippen molar-refractivity contribution in [3.8, 4) is 16.5 Å². The lowest BCUT2D eigenvalue weighted by atomic mass is 9.99. The number of imide groups is 1. The third-order valence-electron chi connectivity index (χ3n) is 11.2. The lowest BCUT2D eigenvalue weighted by Crippen LogP contribution is -2.45. The molecule has 3 amide bonds. The molecule has 0 radical (unpaired) electrons. The number of hydrogen-bond donors (Lipinski definition) is 2. The minimum absolute atomic E-state index is 0.0545. The highest BCUT2D eigenvalue weighted by Crippen LogP contribution is 2.40. The van der Waals surface area contributed by atoms with Crippen LogP contribution < -0.4 is 25.7 Å². The molecule has 0 aliphatic carbocycles. The maximum absolute atomic E-state index is 13.5. The molecule has 17 nitrogen and oxygen atoms in total. The van der Waals surface area contributed by atoms with E-state index in [4.69, 9.17) is 40.3 Å². The van der Waals surface area contributed by atoms with Gasteiger partial charge in [0.25, 0.3) is 5.56 Å². The molecule has 3 aromatic carbocycles. The molecule has 8 rings (SSSR count). The molecule has 1 fully saturated rings. The first-order chi connectivity index (χ1) is 32.0. The summed E-state index contributed by atoms with van der Waals surface area (Å²) in [5.74, 6) is 1.67. The van der Waals surface area contributed by atoms with Gasteiger partial charge in [-0.2, -0.15) is 0 Å². The highest BCUT2D eigenvalue weighted by atomic mass is 35.5. The molecule has 2 aliphatic heterocycles. The first kappa shape index (κ1) is 46.2. The predicted octanol–water partition coefficient (Wildman–Crippen LogP) is 6.33. The smallest absolute Gasteiger partial charge is 0.262 e. The molecule has 2 atom stereocenters. The second kappa shape index (κ2) is 20.9. The number of aromatic nitrogens is 5. The predicted molar refractivity (Wildman–Crippen MR) is 249 cm³/mol. The van der Waals surface area contributed by atoms with E-state index in [1.54, 1.807) is 60.7 Å². The summed E-state index contributed by atoms with van der Waals surface area (Å²) in [6.45, 7) is 10.4.